The fourth-order valence-corrected chi connectivity index (χ4v) is 3.66. The average Bonchev–Trinajstić information content (AvgIpc) is 2.72. The quantitative estimate of drug-likeness (QED) is 0.457. The third-order valence-corrected chi connectivity index (χ3v) is 5.47. The molecule has 2 heterocycles. The van der Waals surface area contributed by atoms with Gasteiger partial charge in [0.15, 0.2) is 5.78 Å². The number of hydrogen-bond donors (Lipinski definition) is 1. The zero-order valence-electron chi connectivity index (χ0n) is 15.7. The molecular weight excluding hydrogens is 412 g/mol. The number of nitrogens with zero attached hydrogens (tertiary/aromatic N) is 3. The maximum Gasteiger partial charge on any atom is 0.332 e. The summed E-state index contributed by atoms with van der Waals surface area (Å²) in [6, 6.07) is 12.6. The first-order valence-electron chi connectivity index (χ1n) is 8.87. The van der Waals surface area contributed by atoms with Crippen molar-refractivity contribution >= 4 is 35.0 Å². The first-order valence-corrected chi connectivity index (χ1v) is 10.2. The second kappa shape index (κ2) is 9.11. The van der Waals surface area contributed by atoms with Gasteiger partial charge in [-0.2, -0.15) is 0 Å². The minimum Gasteiger partial charge on any atom is -0.384 e. The molecule has 3 aromatic rings. The number of rotatable bonds is 7. The van der Waals surface area contributed by atoms with Crippen LogP contribution in [0.4, 0.5) is 5.82 Å². The van der Waals surface area contributed by atoms with Gasteiger partial charge in [-0.05, 0) is 24.6 Å². The third kappa shape index (κ3) is 4.60. The Morgan fingerprint density at radius 3 is 2.48 bits per heavy atom. The van der Waals surface area contributed by atoms with E-state index in [0.29, 0.717) is 10.0 Å². The molecule has 7 nitrogen and oxygen atoms in total. The lowest BCUT2D eigenvalue weighted by molar-refractivity contribution is 0.102. The molecule has 2 aromatic heterocycles. The van der Waals surface area contributed by atoms with Crippen molar-refractivity contribution in [2.24, 2.45) is 0 Å². The Kier molecular flexibility index (Phi) is 6.56. The zero-order valence-corrected chi connectivity index (χ0v) is 17.2. The monoisotopic (exact) mass is 430 g/mol. The molecule has 0 aliphatic carbocycles. The van der Waals surface area contributed by atoms with E-state index in [0.717, 1.165) is 10.1 Å². The summed E-state index contributed by atoms with van der Waals surface area (Å²) in [5, 5.41) is 1.08. The van der Waals surface area contributed by atoms with E-state index < -0.39 is 17.0 Å². The predicted octanol–water partition coefficient (Wildman–Crippen LogP) is 2.68. The molecule has 150 valence electrons. The normalized spacial score (nSPS) is 10.8. The fraction of sp³-hybridized carbons (Fsp3) is 0.200. The summed E-state index contributed by atoms with van der Waals surface area (Å²) in [5.74, 6) is -0.622. The van der Waals surface area contributed by atoms with Gasteiger partial charge in [0, 0.05) is 12.7 Å². The van der Waals surface area contributed by atoms with Crippen LogP contribution in [-0.2, 0) is 13.1 Å². The lowest BCUT2D eigenvalue weighted by atomic mass is 10.2. The molecule has 0 aliphatic heterocycles. The van der Waals surface area contributed by atoms with Crippen LogP contribution >= 0.6 is 23.4 Å². The number of halogens is 1. The van der Waals surface area contributed by atoms with Gasteiger partial charge in [-0.1, -0.05) is 53.7 Å². The molecule has 0 amide bonds. The van der Waals surface area contributed by atoms with Crippen LogP contribution in [0.3, 0.4) is 0 Å². The molecular formula is C20H19ClN4O3S. The van der Waals surface area contributed by atoms with Crippen molar-refractivity contribution in [2.75, 3.05) is 11.5 Å². The van der Waals surface area contributed by atoms with E-state index in [1.807, 2.05) is 30.3 Å². The van der Waals surface area contributed by atoms with Crippen LogP contribution in [-0.4, -0.2) is 25.7 Å². The van der Waals surface area contributed by atoms with E-state index in [-0.39, 0.29) is 30.2 Å². The van der Waals surface area contributed by atoms with Crippen LogP contribution < -0.4 is 17.0 Å². The first kappa shape index (κ1) is 20.9. The summed E-state index contributed by atoms with van der Waals surface area (Å²) < 4.78 is 2.29. The van der Waals surface area contributed by atoms with Crippen LogP contribution in [0.2, 0.25) is 5.02 Å². The van der Waals surface area contributed by atoms with Crippen molar-refractivity contribution in [3.05, 3.63) is 85.6 Å². The van der Waals surface area contributed by atoms with E-state index in [1.54, 1.807) is 19.1 Å². The predicted molar refractivity (Wildman–Crippen MR) is 115 cm³/mol. The molecule has 2 N–H and O–H groups in total. The van der Waals surface area contributed by atoms with Gasteiger partial charge in [-0.3, -0.25) is 18.7 Å². The molecule has 9 heteroatoms. The Balaban J connectivity index is 1.97. The van der Waals surface area contributed by atoms with Crippen LogP contribution in [0, 0.1) is 0 Å². The minimum absolute atomic E-state index is 0.0403. The molecule has 3 rings (SSSR count). The Morgan fingerprint density at radius 1 is 1.14 bits per heavy atom. The first-order chi connectivity index (χ1) is 13.9. The fourth-order valence-electron chi connectivity index (χ4n) is 2.83. The number of Topliss-reactive ketones (excluding diaryl/α,β-unsaturated/α-hetero) is 1. The number of carbonyl (C=O) groups excluding carboxylic acids is 1. The molecule has 0 bridgehead atoms. The number of anilines is 1. The summed E-state index contributed by atoms with van der Waals surface area (Å²) in [6.45, 7) is 1.98. The number of nitrogens with two attached hydrogens (primary N) is 1. The van der Waals surface area contributed by atoms with E-state index >= 15 is 0 Å². The van der Waals surface area contributed by atoms with Crippen molar-refractivity contribution < 1.29 is 4.79 Å². The number of nitrogen functional groups attached to an aromatic ring is 1. The van der Waals surface area contributed by atoms with Gasteiger partial charge in [0.05, 0.1) is 22.3 Å². The van der Waals surface area contributed by atoms with E-state index in [4.69, 9.17) is 17.3 Å². The highest BCUT2D eigenvalue weighted by atomic mass is 35.5. The summed E-state index contributed by atoms with van der Waals surface area (Å²) in [4.78, 5) is 42.4. The van der Waals surface area contributed by atoms with Crippen molar-refractivity contribution in [3.8, 4) is 0 Å². The second-order valence-corrected chi connectivity index (χ2v) is 7.62. The molecule has 0 atom stereocenters. The Morgan fingerprint density at radius 2 is 1.86 bits per heavy atom. The largest absolute Gasteiger partial charge is 0.384 e. The number of aromatic nitrogens is 3. The van der Waals surface area contributed by atoms with Gasteiger partial charge in [0.2, 0.25) is 0 Å². The molecule has 0 spiro atoms. The van der Waals surface area contributed by atoms with Gasteiger partial charge in [-0.25, -0.2) is 9.78 Å². The highest BCUT2D eigenvalue weighted by Crippen LogP contribution is 2.19. The molecule has 0 aliphatic rings. The Bertz CT molecular complexity index is 1140. The van der Waals surface area contributed by atoms with Crippen molar-refractivity contribution in [3.63, 3.8) is 0 Å². The Labute approximate surface area is 176 Å². The van der Waals surface area contributed by atoms with Gasteiger partial charge in [-0.15, -0.1) is 0 Å². The van der Waals surface area contributed by atoms with Crippen LogP contribution in [0.15, 0.2) is 63.3 Å². The number of carbonyl (C=O) groups is 1. The van der Waals surface area contributed by atoms with Gasteiger partial charge >= 0.3 is 5.69 Å². The summed E-state index contributed by atoms with van der Waals surface area (Å²) >= 11 is 6.98. The smallest absolute Gasteiger partial charge is 0.332 e. The van der Waals surface area contributed by atoms with E-state index in [2.05, 4.69) is 4.98 Å². The lowest BCUT2D eigenvalue weighted by Gasteiger charge is -2.15. The average molecular weight is 431 g/mol. The van der Waals surface area contributed by atoms with Crippen LogP contribution in [0.25, 0.3) is 0 Å². The molecule has 0 unspecified atom stereocenters. The third-order valence-electron chi connectivity index (χ3n) is 4.30. The molecule has 0 saturated heterocycles. The van der Waals surface area contributed by atoms with Gasteiger partial charge in [0.1, 0.15) is 11.4 Å². The van der Waals surface area contributed by atoms with Crippen molar-refractivity contribution in [1.82, 2.24) is 14.1 Å². The molecule has 0 fully saturated rings. The highest BCUT2D eigenvalue weighted by molar-refractivity contribution is 7.99. The topological polar surface area (TPSA) is 100.0 Å². The molecule has 29 heavy (non-hydrogen) atoms. The number of benzene rings is 1. The maximum absolute atomic E-state index is 12.8. The van der Waals surface area contributed by atoms with Crippen LogP contribution in [0.1, 0.15) is 22.8 Å². The number of hydrogen-bond acceptors (Lipinski definition) is 6. The lowest BCUT2D eigenvalue weighted by Crippen LogP contribution is -2.44. The second-order valence-electron chi connectivity index (χ2n) is 6.19. The maximum atomic E-state index is 12.8. The highest BCUT2D eigenvalue weighted by Gasteiger charge is 2.22. The summed E-state index contributed by atoms with van der Waals surface area (Å²) in [5.41, 5.74) is 5.58. The van der Waals surface area contributed by atoms with E-state index in [1.165, 1.54) is 22.5 Å². The van der Waals surface area contributed by atoms with Crippen molar-refractivity contribution in [2.45, 2.75) is 25.0 Å². The standard InChI is InChI=1S/C20H19ClN4O3S/c1-2-24-19(27)17(15(26)12-29-16-9-8-14(21)10-23-16)18(22)25(20(24)28)11-13-6-4-3-5-7-13/h3-10H,2,11-12,22H2,1H3. The zero-order chi connectivity index (χ0) is 21.0. The van der Waals surface area contributed by atoms with Gasteiger partial charge in [0.25, 0.3) is 5.56 Å². The minimum atomic E-state index is -0.672. The van der Waals surface area contributed by atoms with Crippen LogP contribution in [0.5, 0.6) is 0 Å². The molecule has 0 radical (unpaired) electrons. The summed E-state index contributed by atoms with van der Waals surface area (Å²) in [7, 11) is 0. The Hall–Kier alpha value is -2.84. The van der Waals surface area contributed by atoms with Crippen molar-refractivity contribution in [1.29, 1.82) is 0 Å². The molecule has 0 saturated carbocycles. The molecule has 1 aromatic carbocycles. The number of thioether (sulfide) groups is 1. The SMILES string of the molecule is CCn1c(=O)c(C(=O)CSc2ccc(Cl)cn2)c(N)n(Cc2ccccc2)c1=O. The summed E-state index contributed by atoms with van der Waals surface area (Å²) in [6.07, 6.45) is 1.48. The number of ketones is 1. The van der Waals surface area contributed by atoms with E-state index in [9.17, 15) is 14.4 Å². The van der Waals surface area contributed by atoms with Gasteiger partial charge < -0.3 is 5.73 Å². The number of pyridine rings is 1.